The van der Waals surface area contributed by atoms with Gasteiger partial charge in [-0.3, -0.25) is 0 Å². The Labute approximate surface area is 122 Å². The highest BCUT2D eigenvalue weighted by Crippen LogP contribution is 2.21. The van der Waals surface area contributed by atoms with Gasteiger partial charge in [0.15, 0.2) is 0 Å². The number of ether oxygens (including phenoxy) is 1. The highest BCUT2D eigenvalue weighted by Gasteiger charge is 2.38. The van der Waals surface area contributed by atoms with E-state index >= 15 is 0 Å². The maximum absolute atomic E-state index is 10.1. The minimum atomic E-state index is -1.04. The summed E-state index contributed by atoms with van der Waals surface area (Å²) in [5.74, 6) is 0. The van der Waals surface area contributed by atoms with E-state index in [2.05, 4.69) is 5.32 Å². The quantitative estimate of drug-likeness (QED) is 0.667. The lowest BCUT2D eigenvalue weighted by atomic mass is 10.1. The highest BCUT2D eigenvalue weighted by atomic mass is 16.5. The summed E-state index contributed by atoms with van der Waals surface area (Å²) in [7, 11) is 0. The van der Waals surface area contributed by atoms with Crippen LogP contribution in [0.5, 0.6) is 0 Å². The number of rotatable bonds is 4. The second kappa shape index (κ2) is 5.99. The van der Waals surface area contributed by atoms with Crippen LogP contribution in [0.2, 0.25) is 0 Å². The van der Waals surface area contributed by atoms with Gasteiger partial charge in [-0.05, 0) is 22.9 Å². The van der Waals surface area contributed by atoms with Crippen LogP contribution in [0.25, 0.3) is 10.8 Å². The molecule has 0 aliphatic carbocycles. The average molecular weight is 289 g/mol. The molecule has 4 N–H and O–H groups in total. The van der Waals surface area contributed by atoms with E-state index in [1.54, 1.807) is 0 Å². The summed E-state index contributed by atoms with van der Waals surface area (Å²) < 4.78 is 5.21. The van der Waals surface area contributed by atoms with Gasteiger partial charge in [0.25, 0.3) is 0 Å². The van der Waals surface area contributed by atoms with Crippen molar-refractivity contribution in [2.75, 3.05) is 18.5 Å². The number of aliphatic hydroxyl groups is 3. The first-order valence-electron chi connectivity index (χ1n) is 7.03. The molecule has 2 aromatic carbocycles. The molecule has 1 aliphatic rings. The first kappa shape index (κ1) is 14.3. The molecule has 0 bridgehead atoms. The van der Waals surface area contributed by atoms with Crippen molar-refractivity contribution in [2.45, 2.75) is 24.4 Å². The summed E-state index contributed by atoms with van der Waals surface area (Å²) in [5, 5.41) is 34.6. The first-order chi connectivity index (χ1) is 10.1. The Balaban J connectivity index is 1.63. The second-order valence-electron chi connectivity index (χ2n) is 5.37. The van der Waals surface area contributed by atoms with Gasteiger partial charge in [0, 0.05) is 12.2 Å². The van der Waals surface area contributed by atoms with Gasteiger partial charge in [0.1, 0.15) is 18.3 Å². The van der Waals surface area contributed by atoms with Gasteiger partial charge < -0.3 is 25.4 Å². The summed E-state index contributed by atoms with van der Waals surface area (Å²) in [6.45, 7) is 0.297. The molecule has 1 fully saturated rings. The van der Waals surface area contributed by atoms with E-state index in [1.807, 2.05) is 42.5 Å². The molecule has 0 amide bonds. The smallest absolute Gasteiger partial charge is 0.114 e. The van der Waals surface area contributed by atoms with Crippen LogP contribution < -0.4 is 5.32 Å². The molecular formula is C16H19NO4. The number of hydrogen-bond acceptors (Lipinski definition) is 5. The van der Waals surface area contributed by atoms with E-state index in [-0.39, 0.29) is 13.2 Å². The molecule has 3 rings (SSSR count). The van der Waals surface area contributed by atoms with Crippen LogP contribution in [0.3, 0.4) is 0 Å². The summed E-state index contributed by atoms with van der Waals surface area (Å²) in [6, 6.07) is 14.0. The summed E-state index contributed by atoms with van der Waals surface area (Å²) in [4.78, 5) is 0. The van der Waals surface area contributed by atoms with Crippen molar-refractivity contribution in [3.63, 3.8) is 0 Å². The van der Waals surface area contributed by atoms with Gasteiger partial charge in [0.05, 0.1) is 12.7 Å². The second-order valence-corrected chi connectivity index (χ2v) is 5.37. The van der Waals surface area contributed by atoms with Crippen molar-refractivity contribution >= 4 is 16.5 Å². The predicted octanol–water partition coefficient (Wildman–Crippen LogP) is 0.733. The first-order valence-corrected chi connectivity index (χ1v) is 7.03. The average Bonchev–Trinajstić information content (AvgIpc) is 2.84. The molecule has 0 saturated carbocycles. The van der Waals surface area contributed by atoms with Gasteiger partial charge >= 0.3 is 0 Å². The van der Waals surface area contributed by atoms with Crippen molar-refractivity contribution in [3.05, 3.63) is 42.5 Å². The fourth-order valence-corrected chi connectivity index (χ4v) is 2.60. The van der Waals surface area contributed by atoms with Crippen molar-refractivity contribution in [2.24, 2.45) is 0 Å². The van der Waals surface area contributed by atoms with Gasteiger partial charge in [-0.15, -0.1) is 0 Å². The molecule has 2 aromatic rings. The lowest BCUT2D eigenvalue weighted by Crippen LogP contribution is -2.41. The monoisotopic (exact) mass is 289 g/mol. The Hall–Kier alpha value is -1.66. The van der Waals surface area contributed by atoms with Crippen molar-refractivity contribution in [1.29, 1.82) is 0 Å². The molecule has 0 aromatic heterocycles. The van der Waals surface area contributed by atoms with Crippen LogP contribution >= 0.6 is 0 Å². The van der Waals surface area contributed by atoms with Crippen LogP contribution in [0.1, 0.15) is 0 Å². The zero-order valence-corrected chi connectivity index (χ0v) is 11.5. The lowest BCUT2D eigenvalue weighted by Gasteiger charge is -2.21. The molecule has 0 spiro atoms. The number of anilines is 1. The SMILES string of the molecule is O[C@H]1[C@@H]([C@@H](O)CNc2ccc3ccccc3c2)OC[C@H]1O. The number of aliphatic hydroxyl groups excluding tert-OH is 3. The standard InChI is InChI=1S/C16H19NO4/c18-13(16-15(20)14(19)9-21-16)8-17-12-6-5-10-3-1-2-4-11(10)7-12/h1-7,13-20H,8-9H2/t13-,14+,15+,16+/m0/s1. The number of benzene rings is 2. The summed E-state index contributed by atoms with van der Waals surface area (Å²) >= 11 is 0. The number of hydrogen-bond donors (Lipinski definition) is 4. The molecule has 0 unspecified atom stereocenters. The van der Waals surface area contributed by atoms with Gasteiger partial charge in [-0.25, -0.2) is 0 Å². The third kappa shape index (κ3) is 3.01. The zero-order valence-electron chi connectivity index (χ0n) is 11.5. The fraction of sp³-hybridized carbons (Fsp3) is 0.375. The normalized spacial score (nSPS) is 26.9. The van der Waals surface area contributed by atoms with Crippen LogP contribution in [0.4, 0.5) is 5.69 Å². The largest absolute Gasteiger partial charge is 0.388 e. The minimum absolute atomic E-state index is 0.0544. The predicted molar refractivity (Wildman–Crippen MR) is 80.2 cm³/mol. The summed E-state index contributed by atoms with van der Waals surface area (Å²) in [5.41, 5.74) is 0.890. The van der Waals surface area contributed by atoms with Crippen molar-refractivity contribution in [1.82, 2.24) is 0 Å². The van der Waals surface area contributed by atoms with Gasteiger partial charge in [-0.1, -0.05) is 30.3 Å². The Morgan fingerprint density at radius 3 is 2.62 bits per heavy atom. The Kier molecular flexibility index (Phi) is 4.07. The highest BCUT2D eigenvalue weighted by molar-refractivity contribution is 5.85. The topological polar surface area (TPSA) is 82.0 Å². The van der Waals surface area contributed by atoms with E-state index in [0.717, 1.165) is 16.5 Å². The molecule has 21 heavy (non-hydrogen) atoms. The van der Waals surface area contributed by atoms with Crippen LogP contribution in [0.15, 0.2) is 42.5 Å². The maximum atomic E-state index is 10.1. The third-order valence-electron chi connectivity index (χ3n) is 3.83. The van der Waals surface area contributed by atoms with Crippen molar-refractivity contribution < 1.29 is 20.1 Å². The van der Waals surface area contributed by atoms with E-state index < -0.39 is 24.4 Å². The van der Waals surface area contributed by atoms with Gasteiger partial charge in [0.2, 0.25) is 0 Å². The van der Waals surface area contributed by atoms with E-state index in [1.165, 1.54) is 0 Å². The summed E-state index contributed by atoms with van der Waals surface area (Å²) in [6.07, 6.45) is -3.61. The molecule has 1 heterocycles. The molecule has 1 saturated heterocycles. The molecule has 112 valence electrons. The maximum Gasteiger partial charge on any atom is 0.114 e. The molecule has 0 radical (unpaired) electrons. The molecule has 1 aliphatic heterocycles. The Morgan fingerprint density at radius 2 is 1.90 bits per heavy atom. The zero-order chi connectivity index (χ0) is 14.8. The lowest BCUT2D eigenvalue weighted by molar-refractivity contribution is -0.0450. The molecular weight excluding hydrogens is 270 g/mol. The van der Waals surface area contributed by atoms with Crippen LogP contribution in [-0.4, -0.2) is 52.9 Å². The van der Waals surface area contributed by atoms with Crippen LogP contribution in [0, 0.1) is 0 Å². The Bertz CT molecular complexity index is 618. The Morgan fingerprint density at radius 1 is 1.14 bits per heavy atom. The van der Waals surface area contributed by atoms with Crippen LogP contribution in [-0.2, 0) is 4.74 Å². The van der Waals surface area contributed by atoms with Crippen molar-refractivity contribution in [3.8, 4) is 0 Å². The molecule has 5 nitrogen and oxygen atoms in total. The molecule has 5 heteroatoms. The number of fused-ring (bicyclic) bond motifs is 1. The number of nitrogens with one attached hydrogen (secondary N) is 1. The molecule has 4 atom stereocenters. The third-order valence-corrected chi connectivity index (χ3v) is 3.83. The van der Waals surface area contributed by atoms with E-state index in [4.69, 9.17) is 4.74 Å². The van der Waals surface area contributed by atoms with Gasteiger partial charge in [-0.2, -0.15) is 0 Å². The van der Waals surface area contributed by atoms with E-state index in [0.29, 0.717) is 0 Å². The minimum Gasteiger partial charge on any atom is -0.388 e. The fourth-order valence-electron chi connectivity index (χ4n) is 2.60. The van der Waals surface area contributed by atoms with E-state index in [9.17, 15) is 15.3 Å².